The van der Waals surface area contributed by atoms with Crippen LogP contribution in [0.2, 0.25) is 0 Å². The summed E-state index contributed by atoms with van der Waals surface area (Å²) in [7, 11) is 0. The monoisotopic (exact) mass is 408 g/mol. The number of hydrogen-bond acceptors (Lipinski definition) is 4. The van der Waals surface area contributed by atoms with Gasteiger partial charge >= 0.3 is 11.9 Å². The third kappa shape index (κ3) is 3.45. The number of aromatic amines is 1. The molecule has 1 aromatic carbocycles. The maximum atomic E-state index is 13.2. The van der Waals surface area contributed by atoms with Crippen LogP contribution in [0.5, 0.6) is 0 Å². The number of nitriles is 1. The van der Waals surface area contributed by atoms with Gasteiger partial charge in [-0.15, -0.1) is 0 Å². The van der Waals surface area contributed by atoms with Crippen molar-refractivity contribution in [3.8, 4) is 6.07 Å². The van der Waals surface area contributed by atoms with Crippen LogP contribution >= 0.6 is 0 Å². The van der Waals surface area contributed by atoms with Crippen molar-refractivity contribution in [1.29, 1.82) is 5.26 Å². The van der Waals surface area contributed by atoms with Crippen LogP contribution in [-0.2, 0) is 10.9 Å². The van der Waals surface area contributed by atoms with Gasteiger partial charge in [-0.3, -0.25) is 9.47 Å². The number of aromatic nitrogens is 2. The van der Waals surface area contributed by atoms with E-state index in [1.807, 2.05) is 0 Å². The maximum Gasteiger partial charge on any atom is 0.416 e. The molecule has 2 fully saturated rings. The smallest absolute Gasteiger partial charge is 0.381 e. The molecule has 0 radical (unpaired) electrons. The van der Waals surface area contributed by atoms with Crippen LogP contribution in [0.3, 0.4) is 0 Å². The second-order valence-electron chi connectivity index (χ2n) is 7.96. The quantitative estimate of drug-likeness (QED) is 0.827. The average Bonchev–Trinajstić information content (AvgIpc) is 3.02. The molecule has 1 N–H and O–H groups in total. The fourth-order valence-corrected chi connectivity index (χ4v) is 4.70. The standard InChI is InChI=1S/C20H23F3N4O2/c1-13-10-17-16(11-15(13)20(21,22)23)25-18(28)27(17)14-2-6-26(7-3-14)19(12-24)4-8-29-9-5-19/h10-11,14H,2-9H2,1H3,(H,25,28). The van der Waals surface area contributed by atoms with Gasteiger partial charge in [-0.2, -0.15) is 18.4 Å². The Hall–Kier alpha value is -2.31. The summed E-state index contributed by atoms with van der Waals surface area (Å²) in [5.41, 5.74) is -0.844. The number of alkyl halides is 3. The number of imidazole rings is 1. The van der Waals surface area contributed by atoms with Crippen LogP contribution in [0.1, 0.15) is 42.9 Å². The summed E-state index contributed by atoms with van der Waals surface area (Å²) in [5, 5.41) is 9.75. The molecule has 0 amide bonds. The Balaban J connectivity index is 1.60. The van der Waals surface area contributed by atoms with Gasteiger partial charge < -0.3 is 9.72 Å². The topological polar surface area (TPSA) is 74.0 Å². The zero-order valence-electron chi connectivity index (χ0n) is 16.2. The highest BCUT2D eigenvalue weighted by Crippen LogP contribution is 2.36. The number of aryl methyl sites for hydroxylation is 1. The lowest BCUT2D eigenvalue weighted by atomic mass is 9.87. The zero-order chi connectivity index (χ0) is 20.8. The molecule has 2 saturated heterocycles. The van der Waals surface area contributed by atoms with Crippen molar-refractivity contribution in [2.45, 2.75) is 50.4 Å². The minimum Gasteiger partial charge on any atom is -0.381 e. The molecule has 0 aliphatic carbocycles. The summed E-state index contributed by atoms with van der Waals surface area (Å²) in [6.45, 7) is 3.87. The molecule has 2 aromatic rings. The molecule has 0 atom stereocenters. The Labute approximate surface area is 165 Å². The molecule has 3 heterocycles. The van der Waals surface area contributed by atoms with Gasteiger partial charge in [-0.1, -0.05) is 0 Å². The second kappa shape index (κ2) is 7.18. The molecule has 29 heavy (non-hydrogen) atoms. The molecular weight excluding hydrogens is 385 g/mol. The summed E-state index contributed by atoms with van der Waals surface area (Å²) in [6.07, 6.45) is -1.80. The molecule has 6 nitrogen and oxygen atoms in total. The van der Waals surface area contributed by atoms with Gasteiger partial charge in [0.2, 0.25) is 0 Å². The van der Waals surface area contributed by atoms with Crippen molar-refractivity contribution in [1.82, 2.24) is 14.5 Å². The van der Waals surface area contributed by atoms with Gasteiger partial charge in [-0.05, 0) is 37.5 Å². The van der Waals surface area contributed by atoms with Gasteiger partial charge in [0.05, 0.1) is 22.7 Å². The Morgan fingerprint density at radius 2 is 1.90 bits per heavy atom. The highest BCUT2D eigenvalue weighted by atomic mass is 19.4. The minimum absolute atomic E-state index is 0.0980. The lowest BCUT2D eigenvalue weighted by molar-refractivity contribution is -0.137. The van der Waals surface area contributed by atoms with Gasteiger partial charge in [0.25, 0.3) is 0 Å². The number of piperidine rings is 1. The first kappa shape index (κ1) is 20.0. The lowest BCUT2D eigenvalue weighted by Crippen LogP contribution is -2.54. The van der Waals surface area contributed by atoms with Crippen LogP contribution in [-0.4, -0.2) is 46.3 Å². The Bertz CT molecular complexity index is 1000. The van der Waals surface area contributed by atoms with Crippen LogP contribution in [0.4, 0.5) is 13.2 Å². The molecule has 156 valence electrons. The van der Waals surface area contributed by atoms with Crippen molar-refractivity contribution in [2.75, 3.05) is 26.3 Å². The first-order valence-electron chi connectivity index (χ1n) is 9.81. The number of likely N-dealkylation sites (tertiary alicyclic amines) is 1. The number of H-pyrrole nitrogens is 1. The molecule has 0 spiro atoms. The second-order valence-corrected chi connectivity index (χ2v) is 7.96. The number of nitrogens with zero attached hydrogens (tertiary/aromatic N) is 3. The molecule has 1 aromatic heterocycles. The van der Waals surface area contributed by atoms with Crippen molar-refractivity contribution in [2.24, 2.45) is 0 Å². The van der Waals surface area contributed by atoms with E-state index in [-0.39, 0.29) is 17.1 Å². The number of ether oxygens (including phenoxy) is 1. The van der Waals surface area contributed by atoms with Crippen LogP contribution < -0.4 is 5.69 Å². The summed E-state index contributed by atoms with van der Waals surface area (Å²) < 4.78 is 46.6. The van der Waals surface area contributed by atoms with E-state index in [0.29, 0.717) is 57.5 Å². The van der Waals surface area contributed by atoms with E-state index in [1.165, 1.54) is 13.0 Å². The van der Waals surface area contributed by atoms with Crippen molar-refractivity contribution in [3.63, 3.8) is 0 Å². The van der Waals surface area contributed by atoms with Crippen molar-refractivity contribution < 1.29 is 17.9 Å². The van der Waals surface area contributed by atoms with Gasteiger partial charge in [-0.25, -0.2) is 4.79 Å². The summed E-state index contributed by atoms with van der Waals surface area (Å²) in [6, 6.07) is 4.82. The van der Waals surface area contributed by atoms with E-state index in [4.69, 9.17) is 4.74 Å². The number of nitrogens with one attached hydrogen (secondary N) is 1. The predicted molar refractivity (Wildman–Crippen MR) is 101 cm³/mol. The normalized spacial score (nSPS) is 21.3. The van der Waals surface area contributed by atoms with E-state index >= 15 is 0 Å². The molecule has 2 aliphatic heterocycles. The Morgan fingerprint density at radius 3 is 2.48 bits per heavy atom. The van der Waals surface area contributed by atoms with E-state index in [0.717, 1.165) is 6.07 Å². The van der Waals surface area contributed by atoms with Crippen molar-refractivity contribution >= 4 is 11.0 Å². The SMILES string of the molecule is Cc1cc2c(cc1C(F)(F)F)[nH]c(=O)n2C1CCN(C2(C#N)CCOCC2)CC1. The van der Waals surface area contributed by atoms with E-state index in [1.54, 1.807) is 4.57 Å². The van der Waals surface area contributed by atoms with Crippen LogP contribution in [0.25, 0.3) is 11.0 Å². The maximum absolute atomic E-state index is 13.2. The Morgan fingerprint density at radius 1 is 1.24 bits per heavy atom. The van der Waals surface area contributed by atoms with Crippen LogP contribution in [0.15, 0.2) is 16.9 Å². The third-order valence-electron chi connectivity index (χ3n) is 6.33. The summed E-state index contributed by atoms with van der Waals surface area (Å²) in [4.78, 5) is 17.3. The largest absolute Gasteiger partial charge is 0.416 e. The van der Waals surface area contributed by atoms with Gasteiger partial charge in [0, 0.05) is 45.2 Å². The highest BCUT2D eigenvalue weighted by molar-refractivity contribution is 5.77. The zero-order valence-corrected chi connectivity index (χ0v) is 16.2. The number of benzene rings is 1. The van der Waals surface area contributed by atoms with Gasteiger partial charge in [0.1, 0.15) is 5.54 Å². The van der Waals surface area contributed by atoms with E-state index < -0.39 is 23.0 Å². The third-order valence-corrected chi connectivity index (χ3v) is 6.33. The fraction of sp³-hybridized carbons (Fsp3) is 0.600. The minimum atomic E-state index is -4.46. The predicted octanol–water partition coefficient (Wildman–Crippen LogP) is 3.37. The lowest BCUT2D eigenvalue weighted by Gasteiger charge is -2.44. The molecule has 2 aliphatic rings. The first-order chi connectivity index (χ1) is 13.7. The summed E-state index contributed by atoms with van der Waals surface area (Å²) >= 11 is 0. The first-order valence-corrected chi connectivity index (χ1v) is 9.81. The molecule has 9 heteroatoms. The molecule has 0 bridgehead atoms. The number of rotatable bonds is 2. The molecule has 4 rings (SSSR count). The van der Waals surface area contributed by atoms with E-state index in [2.05, 4.69) is 16.0 Å². The van der Waals surface area contributed by atoms with Crippen molar-refractivity contribution in [3.05, 3.63) is 33.7 Å². The number of halogens is 3. The highest BCUT2D eigenvalue weighted by Gasteiger charge is 2.41. The summed E-state index contributed by atoms with van der Waals surface area (Å²) in [5.74, 6) is 0. The van der Waals surface area contributed by atoms with E-state index in [9.17, 15) is 23.2 Å². The molecular formula is C20H23F3N4O2. The number of fused-ring (bicyclic) bond motifs is 1. The Kier molecular flexibility index (Phi) is 4.95. The van der Waals surface area contributed by atoms with Gasteiger partial charge in [0.15, 0.2) is 0 Å². The average molecular weight is 408 g/mol. The fourth-order valence-electron chi connectivity index (χ4n) is 4.70. The molecule has 0 saturated carbocycles. The number of hydrogen-bond donors (Lipinski definition) is 1. The molecule has 0 unspecified atom stereocenters. The van der Waals surface area contributed by atoms with Crippen LogP contribution in [0, 0.1) is 18.3 Å².